The summed E-state index contributed by atoms with van der Waals surface area (Å²) in [6, 6.07) is -0.505. The Morgan fingerprint density at radius 3 is 1.87 bits per heavy atom. The molecule has 0 aromatic heterocycles. The summed E-state index contributed by atoms with van der Waals surface area (Å²) < 4.78 is 10.8. The van der Waals surface area contributed by atoms with E-state index in [2.05, 4.69) is 0 Å². The number of aliphatic hydroxyl groups is 5. The number of likely N-dealkylation sites (N-methyl/N-ethyl adjacent to an activating group) is 1. The number of hydrogen-bond acceptors (Lipinski definition) is 9. The van der Waals surface area contributed by atoms with Crippen LogP contribution < -0.4 is 0 Å². The molecule has 0 aliphatic carbocycles. The number of ether oxygens (including phenoxy) is 2. The van der Waals surface area contributed by atoms with Gasteiger partial charge >= 0.3 is 0 Å². The van der Waals surface area contributed by atoms with Crippen molar-refractivity contribution < 1.29 is 44.6 Å². The minimum atomic E-state index is -1.41. The summed E-state index contributed by atoms with van der Waals surface area (Å²) in [6.45, 7) is 3.48. The van der Waals surface area contributed by atoms with Gasteiger partial charge in [-0.1, -0.05) is 77.6 Å². The first-order valence-electron chi connectivity index (χ1n) is 14.8. The van der Waals surface area contributed by atoms with Crippen LogP contribution in [0.5, 0.6) is 0 Å². The van der Waals surface area contributed by atoms with E-state index in [4.69, 9.17) is 9.47 Å². The van der Waals surface area contributed by atoms with Gasteiger partial charge in [-0.2, -0.15) is 0 Å². The molecule has 0 saturated carbocycles. The van der Waals surface area contributed by atoms with Gasteiger partial charge in [0.05, 0.1) is 12.6 Å². The highest BCUT2D eigenvalue weighted by molar-refractivity contribution is 6.26. The molecule has 1 amide bonds. The number of aliphatic hydroxyl groups excluding tert-OH is 5. The first kappa shape index (κ1) is 33.6. The molecule has 10 nitrogen and oxygen atoms in total. The van der Waals surface area contributed by atoms with Gasteiger partial charge in [-0.05, 0) is 19.8 Å². The zero-order chi connectivity index (χ0) is 28.9. The van der Waals surface area contributed by atoms with Crippen molar-refractivity contribution in [1.82, 2.24) is 4.90 Å². The Balaban J connectivity index is 1.41. The molecule has 2 aliphatic rings. The van der Waals surface area contributed by atoms with Crippen LogP contribution in [0.25, 0.3) is 0 Å². The Morgan fingerprint density at radius 1 is 0.872 bits per heavy atom. The third-order valence-electron chi connectivity index (χ3n) is 8.13. The van der Waals surface area contributed by atoms with Crippen molar-refractivity contribution >= 4 is 11.7 Å². The number of nitrogens with zero attached hydrogens (tertiary/aromatic N) is 1. The normalized spacial score (nSPS) is 29.8. The molecule has 2 unspecified atom stereocenters. The van der Waals surface area contributed by atoms with Crippen LogP contribution in [-0.2, 0) is 19.1 Å². The standard InChI is InChI=1S/C29H51NO9/c1-19(23(32)22-24(33)20(2)30(3)28(22)37)16-14-12-10-8-6-4-5-7-9-11-13-15-17-38-29-27(36)26(35)25(34)21(18-31)39-29/h19-21,25-27,29,31-32,34-36H,4-18H2,1-3H3/t19?,20?,21-,25-,26+,27+,29-/m1/s1. The molecule has 2 saturated heterocycles. The van der Waals surface area contributed by atoms with Crippen LogP contribution in [0.3, 0.4) is 0 Å². The lowest BCUT2D eigenvalue weighted by molar-refractivity contribution is -0.301. The number of allylic oxidation sites excluding steroid dienone is 1. The van der Waals surface area contributed by atoms with Crippen LogP contribution in [-0.4, -0.2) is 99.1 Å². The average molecular weight is 558 g/mol. The van der Waals surface area contributed by atoms with E-state index in [0.29, 0.717) is 6.61 Å². The maximum absolute atomic E-state index is 12.3. The predicted molar refractivity (Wildman–Crippen MR) is 146 cm³/mol. The average Bonchev–Trinajstić information content (AvgIpc) is 3.12. The van der Waals surface area contributed by atoms with Gasteiger partial charge in [0.15, 0.2) is 12.1 Å². The van der Waals surface area contributed by atoms with Crippen molar-refractivity contribution in [2.45, 2.75) is 134 Å². The second kappa shape index (κ2) is 17.3. The Morgan fingerprint density at radius 2 is 1.38 bits per heavy atom. The molecular formula is C29H51NO9. The van der Waals surface area contributed by atoms with Crippen LogP contribution in [0.1, 0.15) is 97.3 Å². The van der Waals surface area contributed by atoms with Crippen LogP contribution in [0.15, 0.2) is 11.3 Å². The third-order valence-corrected chi connectivity index (χ3v) is 8.13. The van der Waals surface area contributed by atoms with E-state index in [0.717, 1.165) is 51.4 Å². The fourth-order valence-corrected chi connectivity index (χ4v) is 5.19. The molecule has 39 heavy (non-hydrogen) atoms. The zero-order valence-electron chi connectivity index (χ0n) is 24.0. The molecule has 0 aromatic carbocycles. The van der Waals surface area contributed by atoms with Crippen molar-refractivity contribution in [2.75, 3.05) is 20.3 Å². The van der Waals surface area contributed by atoms with Gasteiger partial charge in [0, 0.05) is 19.6 Å². The largest absolute Gasteiger partial charge is 0.511 e. The lowest BCUT2D eigenvalue weighted by atomic mass is 9.95. The lowest BCUT2D eigenvalue weighted by Crippen LogP contribution is -2.59. The number of amides is 1. The smallest absolute Gasteiger partial charge is 0.261 e. The number of likely N-dealkylation sites (tertiary alicyclic amines) is 1. The minimum absolute atomic E-state index is 0.0288. The topological polar surface area (TPSA) is 157 Å². The second-order valence-corrected chi connectivity index (χ2v) is 11.2. The van der Waals surface area contributed by atoms with E-state index in [-0.39, 0.29) is 28.9 Å². The molecule has 2 aliphatic heterocycles. The highest BCUT2D eigenvalue weighted by atomic mass is 16.7. The molecule has 0 aromatic rings. The van der Waals surface area contributed by atoms with Gasteiger partial charge in [-0.15, -0.1) is 0 Å². The van der Waals surface area contributed by atoms with Crippen molar-refractivity contribution in [3.63, 3.8) is 0 Å². The predicted octanol–water partition coefficient (Wildman–Crippen LogP) is 2.75. The SMILES string of the molecule is CC(CCCCCCCCCCCCCCO[C@@H]1O[C@H](CO)[C@@H](O)[C@H](O)[C@@H]1O)C(O)=C1C(=O)C(C)N(C)C1=O. The van der Waals surface area contributed by atoms with Crippen molar-refractivity contribution in [2.24, 2.45) is 5.92 Å². The summed E-state index contributed by atoms with van der Waals surface area (Å²) in [5.41, 5.74) is -0.0288. The van der Waals surface area contributed by atoms with E-state index in [1.807, 2.05) is 6.92 Å². The Labute approximate surface area is 233 Å². The summed E-state index contributed by atoms with van der Waals surface area (Å²) in [5.74, 6) is -0.904. The fraction of sp³-hybridized carbons (Fsp3) is 0.862. The van der Waals surface area contributed by atoms with Crippen LogP contribution in [0.4, 0.5) is 0 Å². The number of ketones is 1. The summed E-state index contributed by atoms with van der Waals surface area (Å²) in [6.07, 6.45) is 7.97. The molecule has 10 heteroatoms. The van der Waals surface area contributed by atoms with E-state index in [1.54, 1.807) is 14.0 Å². The molecule has 2 rings (SSSR count). The van der Waals surface area contributed by atoms with E-state index in [9.17, 15) is 35.1 Å². The van der Waals surface area contributed by atoms with Crippen LogP contribution >= 0.6 is 0 Å². The van der Waals surface area contributed by atoms with E-state index in [1.165, 1.54) is 37.0 Å². The molecule has 5 N–H and O–H groups in total. The van der Waals surface area contributed by atoms with E-state index >= 15 is 0 Å². The Bertz CT molecular complexity index is 765. The number of unbranched alkanes of at least 4 members (excludes halogenated alkanes) is 11. The van der Waals surface area contributed by atoms with Crippen molar-refractivity contribution in [3.8, 4) is 0 Å². The molecule has 226 valence electrons. The summed E-state index contributed by atoms with van der Waals surface area (Å²) in [5, 5.41) is 49.2. The fourth-order valence-electron chi connectivity index (χ4n) is 5.19. The first-order chi connectivity index (χ1) is 18.6. The van der Waals surface area contributed by atoms with Crippen molar-refractivity contribution in [3.05, 3.63) is 11.3 Å². The molecule has 0 spiro atoms. The molecule has 2 heterocycles. The van der Waals surface area contributed by atoms with Gasteiger partial charge in [0.25, 0.3) is 5.91 Å². The quantitative estimate of drug-likeness (QED) is 0.0740. The van der Waals surface area contributed by atoms with E-state index < -0.39 is 43.4 Å². The first-order valence-corrected chi connectivity index (χ1v) is 14.8. The number of carbonyl (C=O) groups is 2. The van der Waals surface area contributed by atoms with Gasteiger partial charge in [-0.3, -0.25) is 9.59 Å². The number of rotatable bonds is 18. The number of Topliss-reactive ketones (excluding diaryl/α,β-unsaturated/α-hetero) is 1. The van der Waals surface area contributed by atoms with Gasteiger partial charge in [0.1, 0.15) is 35.7 Å². The highest BCUT2D eigenvalue weighted by Crippen LogP contribution is 2.27. The lowest BCUT2D eigenvalue weighted by Gasteiger charge is -2.39. The second-order valence-electron chi connectivity index (χ2n) is 11.2. The molecule has 0 radical (unpaired) electrons. The summed E-state index contributed by atoms with van der Waals surface area (Å²) in [4.78, 5) is 25.9. The third kappa shape index (κ3) is 9.79. The molecular weight excluding hydrogens is 506 g/mol. The zero-order valence-corrected chi connectivity index (χ0v) is 24.0. The molecule has 0 bridgehead atoms. The number of carbonyl (C=O) groups excluding carboxylic acids is 2. The Hall–Kier alpha value is -1.56. The summed E-state index contributed by atoms with van der Waals surface area (Å²) >= 11 is 0. The van der Waals surface area contributed by atoms with Crippen molar-refractivity contribution in [1.29, 1.82) is 0 Å². The monoisotopic (exact) mass is 557 g/mol. The molecule has 7 atom stereocenters. The van der Waals surface area contributed by atoms with Gasteiger partial charge in [0.2, 0.25) is 0 Å². The Kier molecular flexibility index (Phi) is 14.9. The van der Waals surface area contributed by atoms with Gasteiger partial charge in [-0.25, -0.2) is 0 Å². The van der Waals surface area contributed by atoms with Gasteiger partial charge < -0.3 is 39.9 Å². The van der Waals surface area contributed by atoms with Crippen LogP contribution in [0, 0.1) is 5.92 Å². The maximum Gasteiger partial charge on any atom is 0.261 e. The molecule has 2 fully saturated rings. The maximum atomic E-state index is 12.3. The number of hydrogen-bond donors (Lipinski definition) is 5. The summed E-state index contributed by atoms with van der Waals surface area (Å²) in [7, 11) is 1.59. The highest BCUT2D eigenvalue weighted by Gasteiger charge is 2.44. The van der Waals surface area contributed by atoms with Crippen LogP contribution in [0.2, 0.25) is 0 Å². The minimum Gasteiger partial charge on any atom is -0.511 e.